The molecule has 1 aromatic carbocycles. The van der Waals surface area contributed by atoms with Crippen molar-refractivity contribution in [1.29, 1.82) is 0 Å². The normalized spacial score (nSPS) is 13.0. The van der Waals surface area contributed by atoms with E-state index in [1.807, 2.05) is 25.1 Å². The zero-order chi connectivity index (χ0) is 15.5. The first-order chi connectivity index (χ1) is 10.6. The minimum atomic E-state index is -0.163. The molecule has 0 atom stereocenters. The Morgan fingerprint density at radius 3 is 2.82 bits per heavy atom. The average Bonchev–Trinajstić information content (AvgIpc) is 3.12. The van der Waals surface area contributed by atoms with Crippen molar-refractivity contribution in [3.05, 3.63) is 46.0 Å². The number of aromatic nitrogens is 1. The smallest absolute Gasteiger partial charge is 0.226 e. The van der Waals surface area contributed by atoms with Crippen molar-refractivity contribution in [2.75, 3.05) is 5.32 Å². The number of benzene rings is 1. The molecule has 5 heteroatoms. The van der Waals surface area contributed by atoms with E-state index in [-0.39, 0.29) is 24.5 Å². The molecule has 1 N–H and O–H groups in total. The molecular weight excluding hydrogens is 296 g/mol. The maximum Gasteiger partial charge on any atom is 0.226 e. The second-order valence-corrected chi connectivity index (χ2v) is 6.82. The summed E-state index contributed by atoms with van der Waals surface area (Å²) in [5, 5.41) is 3.32. The van der Waals surface area contributed by atoms with Gasteiger partial charge in [-0.2, -0.15) is 0 Å². The van der Waals surface area contributed by atoms with Crippen LogP contribution in [0.4, 0.5) is 5.13 Å². The molecule has 0 saturated carbocycles. The molecule has 1 aromatic heterocycles. The third-order valence-corrected chi connectivity index (χ3v) is 4.70. The van der Waals surface area contributed by atoms with E-state index in [4.69, 9.17) is 0 Å². The molecule has 2 aromatic rings. The van der Waals surface area contributed by atoms with Gasteiger partial charge in [0.05, 0.1) is 0 Å². The van der Waals surface area contributed by atoms with E-state index in [2.05, 4.69) is 10.3 Å². The zero-order valence-corrected chi connectivity index (χ0v) is 13.3. The van der Waals surface area contributed by atoms with Crippen LogP contribution in [-0.4, -0.2) is 16.7 Å². The monoisotopic (exact) mass is 314 g/mol. The van der Waals surface area contributed by atoms with Crippen LogP contribution in [0.5, 0.6) is 0 Å². The average molecular weight is 314 g/mol. The maximum absolute atomic E-state index is 12.2. The second-order valence-electron chi connectivity index (χ2n) is 5.58. The molecule has 0 radical (unpaired) electrons. The number of nitrogens with one attached hydrogen (secondary N) is 1. The van der Waals surface area contributed by atoms with Crippen molar-refractivity contribution in [3.8, 4) is 0 Å². The predicted octanol–water partition coefficient (Wildman–Crippen LogP) is 3.54. The number of ketones is 1. The molecule has 0 fully saturated rings. The number of rotatable bonds is 5. The topological polar surface area (TPSA) is 59.1 Å². The summed E-state index contributed by atoms with van der Waals surface area (Å²) in [4.78, 5) is 29.2. The van der Waals surface area contributed by atoms with Crippen molar-refractivity contribution in [1.82, 2.24) is 4.98 Å². The molecule has 114 valence electrons. The minimum absolute atomic E-state index is 0.0279. The van der Waals surface area contributed by atoms with Gasteiger partial charge in [0.1, 0.15) is 0 Å². The molecule has 1 aliphatic rings. The van der Waals surface area contributed by atoms with Gasteiger partial charge < -0.3 is 5.32 Å². The number of anilines is 1. The molecule has 0 saturated heterocycles. The van der Waals surface area contributed by atoms with E-state index >= 15 is 0 Å². The summed E-state index contributed by atoms with van der Waals surface area (Å²) in [7, 11) is 0. The fraction of sp³-hybridized carbons (Fsp3) is 0.353. The van der Waals surface area contributed by atoms with Crippen LogP contribution in [0.15, 0.2) is 24.4 Å². The molecule has 3 rings (SSSR count). The van der Waals surface area contributed by atoms with Crippen LogP contribution in [-0.2, 0) is 17.6 Å². The first kappa shape index (κ1) is 14.9. The number of fused-ring (bicyclic) bond motifs is 1. The van der Waals surface area contributed by atoms with Crippen LogP contribution in [0.2, 0.25) is 0 Å². The highest BCUT2D eigenvalue weighted by Crippen LogP contribution is 2.23. The second kappa shape index (κ2) is 6.40. The summed E-state index contributed by atoms with van der Waals surface area (Å²) in [6.45, 7) is 1.94. The molecule has 0 bridgehead atoms. The molecule has 0 spiro atoms. The number of amides is 1. The van der Waals surface area contributed by atoms with Crippen molar-refractivity contribution in [2.45, 2.75) is 39.0 Å². The highest BCUT2D eigenvalue weighted by atomic mass is 32.1. The first-order valence-electron chi connectivity index (χ1n) is 7.49. The van der Waals surface area contributed by atoms with Crippen LogP contribution in [0.3, 0.4) is 0 Å². The molecule has 1 heterocycles. The van der Waals surface area contributed by atoms with E-state index in [0.717, 1.165) is 23.3 Å². The predicted molar refractivity (Wildman–Crippen MR) is 87.5 cm³/mol. The number of aryl methyl sites for hydroxylation is 3. The summed E-state index contributed by atoms with van der Waals surface area (Å²) < 4.78 is 0. The largest absolute Gasteiger partial charge is 0.302 e. The zero-order valence-electron chi connectivity index (χ0n) is 12.5. The summed E-state index contributed by atoms with van der Waals surface area (Å²) in [6, 6.07) is 5.93. The number of hydrogen-bond donors (Lipinski definition) is 1. The number of nitrogens with zero attached hydrogens (tertiary/aromatic N) is 1. The molecular formula is C17H18N2O2S. The third kappa shape index (κ3) is 3.42. The van der Waals surface area contributed by atoms with E-state index in [1.54, 1.807) is 6.20 Å². The Hall–Kier alpha value is -2.01. The van der Waals surface area contributed by atoms with Gasteiger partial charge in [0.25, 0.3) is 0 Å². The number of carbonyl (C=O) groups is 2. The Balaban J connectivity index is 1.54. The highest BCUT2D eigenvalue weighted by molar-refractivity contribution is 7.15. The SMILES string of the molecule is Cc1cnc(NC(=O)CCC(=O)c2ccc3c(c2)CCC3)s1. The van der Waals surface area contributed by atoms with Gasteiger partial charge in [0.15, 0.2) is 10.9 Å². The molecule has 0 unspecified atom stereocenters. The van der Waals surface area contributed by atoms with Crippen molar-refractivity contribution in [3.63, 3.8) is 0 Å². The minimum Gasteiger partial charge on any atom is -0.302 e. The standard InChI is InChI=1S/C17H18N2O2S/c1-11-10-18-17(22-11)19-16(21)8-7-15(20)14-6-5-12-3-2-4-13(12)9-14/h5-6,9-10H,2-4,7-8H2,1H3,(H,18,19,21). The Kier molecular flexibility index (Phi) is 4.34. The van der Waals surface area contributed by atoms with Crippen molar-refractivity contribution in [2.24, 2.45) is 0 Å². The summed E-state index contributed by atoms with van der Waals surface area (Å²) in [5.74, 6) is -0.135. The van der Waals surface area contributed by atoms with E-state index in [1.165, 1.54) is 28.9 Å². The molecule has 1 amide bonds. The lowest BCUT2D eigenvalue weighted by Crippen LogP contribution is -2.13. The highest BCUT2D eigenvalue weighted by Gasteiger charge is 2.15. The lowest BCUT2D eigenvalue weighted by Gasteiger charge is -2.05. The fourth-order valence-electron chi connectivity index (χ4n) is 2.71. The van der Waals surface area contributed by atoms with Gasteiger partial charge in [-0.1, -0.05) is 12.1 Å². The summed E-state index contributed by atoms with van der Waals surface area (Å²) in [6.07, 6.45) is 5.47. The Morgan fingerprint density at radius 2 is 2.05 bits per heavy atom. The number of hydrogen-bond acceptors (Lipinski definition) is 4. The Morgan fingerprint density at radius 1 is 1.23 bits per heavy atom. The van der Waals surface area contributed by atoms with E-state index in [0.29, 0.717) is 5.13 Å². The maximum atomic E-state index is 12.2. The van der Waals surface area contributed by atoms with Crippen LogP contribution >= 0.6 is 11.3 Å². The van der Waals surface area contributed by atoms with E-state index < -0.39 is 0 Å². The van der Waals surface area contributed by atoms with Crippen LogP contribution in [0, 0.1) is 6.92 Å². The van der Waals surface area contributed by atoms with E-state index in [9.17, 15) is 9.59 Å². The molecule has 1 aliphatic carbocycles. The third-order valence-electron chi connectivity index (χ3n) is 3.87. The number of Topliss-reactive ketones (excluding diaryl/α,β-unsaturated/α-hetero) is 1. The quantitative estimate of drug-likeness (QED) is 0.859. The van der Waals surface area contributed by atoms with Crippen LogP contribution < -0.4 is 5.32 Å². The number of thiazole rings is 1. The first-order valence-corrected chi connectivity index (χ1v) is 8.31. The van der Waals surface area contributed by atoms with Gasteiger partial charge in [-0.15, -0.1) is 11.3 Å². The summed E-state index contributed by atoms with van der Waals surface area (Å²) >= 11 is 1.43. The van der Waals surface area contributed by atoms with Gasteiger partial charge >= 0.3 is 0 Å². The van der Waals surface area contributed by atoms with Crippen molar-refractivity contribution >= 4 is 28.2 Å². The van der Waals surface area contributed by atoms with Gasteiger partial charge in [0.2, 0.25) is 5.91 Å². The van der Waals surface area contributed by atoms with Crippen LogP contribution in [0.1, 0.15) is 45.6 Å². The fourth-order valence-corrected chi connectivity index (χ4v) is 3.39. The lowest BCUT2D eigenvalue weighted by atomic mass is 10.0. The van der Waals surface area contributed by atoms with Gasteiger partial charge in [-0.05, 0) is 43.4 Å². The Labute approximate surface area is 133 Å². The van der Waals surface area contributed by atoms with Crippen molar-refractivity contribution < 1.29 is 9.59 Å². The number of carbonyl (C=O) groups excluding carboxylic acids is 2. The lowest BCUT2D eigenvalue weighted by molar-refractivity contribution is -0.116. The van der Waals surface area contributed by atoms with Crippen LogP contribution in [0.25, 0.3) is 0 Å². The Bertz CT molecular complexity index is 721. The van der Waals surface area contributed by atoms with Gasteiger partial charge in [-0.3, -0.25) is 9.59 Å². The van der Waals surface area contributed by atoms with Gasteiger partial charge in [0, 0.05) is 29.5 Å². The molecule has 22 heavy (non-hydrogen) atoms. The summed E-state index contributed by atoms with van der Waals surface area (Å²) in [5.41, 5.74) is 3.36. The van der Waals surface area contributed by atoms with Gasteiger partial charge in [-0.25, -0.2) is 4.98 Å². The molecule has 4 nitrogen and oxygen atoms in total. The molecule has 0 aliphatic heterocycles.